The summed E-state index contributed by atoms with van der Waals surface area (Å²) < 4.78 is 22.5. The van der Waals surface area contributed by atoms with Gasteiger partial charge in [0.25, 0.3) is 0 Å². The summed E-state index contributed by atoms with van der Waals surface area (Å²) in [5.41, 5.74) is 0. The second-order valence-electron chi connectivity index (χ2n) is 5.77. The van der Waals surface area contributed by atoms with Crippen molar-refractivity contribution in [3.05, 3.63) is 0 Å². The molecule has 1 N–H and O–H groups in total. The summed E-state index contributed by atoms with van der Waals surface area (Å²) in [5, 5.41) is 3.51. The summed E-state index contributed by atoms with van der Waals surface area (Å²) in [6, 6.07) is 0.433. The van der Waals surface area contributed by atoms with Gasteiger partial charge in [-0.05, 0) is 43.6 Å². The fourth-order valence-corrected chi connectivity index (χ4v) is 4.36. The summed E-state index contributed by atoms with van der Waals surface area (Å²) in [6.07, 6.45) is 7.64. The zero-order valence-corrected chi connectivity index (χ0v) is 11.8. The standard InChI is InChI=1S/C13H25NO2S/c1-3-14-12(8-9-17(2,15)16)13-10-6-4-5-7-11(10)13/h10-14H,3-9H2,1-2H3. The first-order chi connectivity index (χ1) is 8.03. The third-order valence-electron chi connectivity index (χ3n) is 4.45. The summed E-state index contributed by atoms with van der Waals surface area (Å²) in [7, 11) is -2.82. The molecule has 0 aromatic heterocycles. The van der Waals surface area contributed by atoms with Gasteiger partial charge in [0.2, 0.25) is 0 Å². The van der Waals surface area contributed by atoms with E-state index in [-0.39, 0.29) is 0 Å². The molecule has 0 radical (unpaired) electrons. The molecule has 2 rings (SSSR count). The lowest BCUT2D eigenvalue weighted by Gasteiger charge is -2.17. The molecule has 0 aromatic carbocycles. The molecular formula is C13H25NO2S. The average molecular weight is 259 g/mol. The SMILES string of the molecule is CCNC(CCS(C)(=O)=O)C1C2CCCCC21. The summed E-state index contributed by atoms with van der Waals surface area (Å²) in [4.78, 5) is 0. The van der Waals surface area contributed by atoms with Crippen molar-refractivity contribution >= 4 is 9.84 Å². The highest BCUT2D eigenvalue weighted by Gasteiger charge is 2.53. The van der Waals surface area contributed by atoms with Crippen LogP contribution >= 0.6 is 0 Å². The highest BCUT2D eigenvalue weighted by atomic mass is 32.2. The van der Waals surface area contributed by atoms with E-state index in [1.807, 2.05) is 0 Å². The number of sulfone groups is 1. The molecule has 3 nitrogen and oxygen atoms in total. The highest BCUT2D eigenvalue weighted by Crippen LogP contribution is 2.57. The summed E-state index contributed by atoms with van der Waals surface area (Å²) in [5.74, 6) is 2.89. The number of rotatable bonds is 6. The van der Waals surface area contributed by atoms with Crippen molar-refractivity contribution in [2.75, 3.05) is 18.6 Å². The third kappa shape index (κ3) is 3.44. The van der Waals surface area contributed by atoms with Gasteiger partial charge < -0.3 is 5.32 Å². The predicted octanol–water partition coefficient (Wildman–Crippen LogP) is 1.84. The molecule has 3 atom stereocenters. The van der Waals surface area contributed by atoms with Gasteiger partial charge in [-0.15, -0.1) is 0 Å². The van der Waals surface area contributed by atoms with E-state index < -0.39 is 9.84 Å². The Hall–Kier alpha value is -0.0900. The van der Waals surface area contributed by atoms with E-state index in [1.54, 1.807) is 0 Å². The summed E-state index contributed by atoms with van der Waals surface area (Å²) in [6.45, 7) is 3.06. The third-order valence-corrected chi connectivity index (χ3v) is 5.43. The Morgan fingerprint density at radius 2 is 1.82 bits per heavy atom. The number of hydrogen-bond acceptors (Lipinski definition) is 3. The number of nitrogens with one attached hydrogen (secondary N) is 1. The summed E-state index contributed by atoms with van der Waals surface area (Å²) >= 11 is 0. The molecule has 2 saturated carbocycles. The van der Waals surface area contributed by atoms with E-state index >= 15 is 0 Å². The van der Waals surface area contributed by atoms with Crippen LogP contribution < -0.4 is 5.32 Å². The van der Waals surface area contributed by atoms with Gasteiger partial charge in [-0.3, -0.25) is 0 Å². The van der Waals surface area contributed by atoms with Crippen molar-refractivity contribution in [1.82, 2.24) is 5.32 Å². The van der Waals surface area contributed by atoms with Gasteiger partial charge in [-0.25, -0.2) is 8.42 Å². The van der Waals surface area contributed by atoms with Gasteiger partial charge in [0.05, 0.1) is 5.75 Å². The Morgan fingerprint density at radius 1 is 1.24 bits per heavy atom. The molecule has 17 heavy (non-hydrogen) atoms. The largest absolute Gasteiger partial charge is 0.314 e. The zero-order valence-electron chi connectivity index (χ0n) is 11.0. The molecule has 0 bridgehead atoms. The quantitative estimate of drug-likeness (QED) is 0.791. The predicted molar refractivity (Wildman–Crippen MR) is 70.7 cm³/mol. The minimum absolute atomic E-state index is 0.334. The molecule has 0 heterocycles. The van der Waals surface area contributed by atoms with Gasteiger partial charge in [0.15, 0.2) is 0 Å². The van der Waals surface area contributed by atoms with Crippen LogP contribution in [0.5, 0.6) is 0 Å². The van der Waals surface area contributed by atoms with Gasteiger partial charge in [0, 0.05) is 12.3 Å². The van der Waals surface area contributed by atoms with E-state index in [4.69, 9.17) is 0 Å². The number of fused-ring (bicyclic) bond motifs is 1. The molecule has 2 aliphatic carbocycles. The molecular weight excluding hydrogens is 234 g/mol. The lowest BCUT2D eigenvalue weighted by molar-refractivity contribution is 0.428. The first kappa shape index (κ1) is 13.3. The van der Waals surface area contributed by atoms with Crippen molar-refractivity contribution < 1.29 is 8.42 Å². The first-order valence-electron chi connectivity index (χ1n) is 6.94. The average Bonchev–Trinajstić information content (AvgIpc) is 2.97. The van der Waals surface area contributed by atoms with E-state index in [0.29, 0.717) is 11.8 Å². The Labute approximate surface area is 105 Å². The van der Waals surface area contributed by atoms with Gasteiger partial charge in [0.1, 0.15) is 9.84 Å². The van der Waals surface area contributed by atoms with E-state index in [9.17, 15) is 8.42 Å². The maximum atomic E-state index is 11.3. The molecule has 4 heteroatoms. The second kappa shape index (κ2) is 5.27. The minimum atomic E-state index is -2.82. The van der Waals surface area contributed by atoms with Crippen molar-refractivity contribution in [3.63, 3.8) is 0 Å². The van der Waals surface area contributed by atoms with Crippen LogP contribution in [0.4, 0.5) is 0 Å². The monoisotopic (exact) mass is 259 g/mol. The number of hydrogen-bond donors (Lipinski definition) is 1. The lowest BCUT2D eigenvalue weighted by atomic mass is 10.0. The first-order valence-corrected chi connectivity index (χ1v) is 9.00. The van der Waals surface area contributed by atoms with Gasteiger partial charge in [-0.1, -0.05) is 19.8 Å². The fourth-order valence-electron chi connectivity index (χ4n) is 3.68. The Kier molecular flexibility index (Phi) is 4.14. The minimum Gasteiger partial charge on any atom is -0.314 e. The normalized spacial score (nSPS) is 34.1. The fraction of sp³-hybridized carbons (Fsp3) is 1.00. The zero-order chi connectivity index (χ0) is 12.5. The van der Waals surface area contributed by atoms with Crippen LogP contribution in [0.25, 0.3) is 0 Å². The van der Waals surface area contributed by atoms with Crippen LogP contribution in [0.2, 0.25) is 0 Å². The Morgan fingerprint density at radius 3 is 2.29 bits per heavy atom. The van der Waals surface area contributed by atoms with Crippen LogP contribution in [0.15, 0.2) is 0 Å². The maximum Gasteiger partial charge on any atom is 0.147 e. The Bertz CT molecular complexity index is 340. The molecule has 2 fully saturated rings. The highest BCUT2D eigenvalue weighted by molar-refractivity contribution is 7.90. The van der Waals surface area contributed by atoms with Gasteiger partial charge in [-0.2, -0.15) is 0 Å². The van der Waals surface area contributed by atoms with Crippen molar-refractivity contribution in [3.8, 4) is 0 Å². The molecule has 0 aromatic rings. The lowest BCUT2D eigenvalue weighted by Crippen LogP contribution is -2.33. The van der Waals surface area contributed by atoms with E-state index in [1.165, 1.54) is 31.9 Å². The molecule has 0 saturated heterocycles. The molecule has 0 aliphatic heterocycles. The van der Waals surface area contributed by atoms with Crippen molar-refractivity contribution in [2.45, 2.75) is 45.1 Å². The van der Waals surface area contributed by atoms with E-state index in [0.717, 1.165) is 30.7 Å². The topological polar surface area (TPSA) is 46.2 Å². The van der Waals surface area contributed by atoms with Crippen LogP contribution in [0, 0.1) is 17.8 Å². The molecule has 2 aliphatic rings. The maximum absolute atomic E-state index is 11.3. The smallest absolute Gasteiger partial charge is 0.147 e. The van der Waals surface area contributed by atoms with Crippen molar-refractivity contribution in [2.24, 2.45) is 17.8 Å². The van der Waals surface area contributed by atoms with Crippen LogP contribution in [-0.4, -0.2) is 33.0 Å². The van der Waals surface area contributed by atoms with Gasteiger partial charge >= 0.3 is 0 Å². The Balaban J connectivity index is 1.89. The molecule has 100 valence electrons. The van der Waals surface area contributed by atoms with Crippen LogP contribution in [0.1, 0.15) is 39.0 Å². The molecule has 0 amide bonds. The van der Waals surface area contributed by atoms with Crippen LogP contribution in [0.3, 0.4) is 0 Å². The molecule has 3 unspecified atom stereocenters. The van der Waals surface area contributed by atoms with E-state index in [2.05, 4.69) is 12.2 Å². The van der Waals surface area contributed by atoms with Crippen LogP contribution in [-0.2, 0) is 9.84 Å². The molecule has 0 spiro atoms. The van der Waals surface area contributed by atoms with Crippen molar-refractivity contribution in [1.29, 1.82) is 0 Å². The second-order valence-corrected chi connectivity index (χ2v) is 8.03.